The molecule has 2 aromatic carbocycles. The first-order valence-electron chi connectivity index (χ1n) is 9.09. The first-order valence-corrected chi connectivity index (χ1v) is 10.9. The molecule has 32 heavy (non-hydrogen) atoms. The standard InChI is InChI=1S/C20H23ClN2O8S/c1-11(23-32(26,27)12-6-7-16(28-2)14(21)8-12)19(24)22-15-10-18(30-4)17(29-3)9-13(15)20(25)31-5/h6-11,23H,1-5H3,(H,22,24)/t11-/m0/s1. The normalized spacial score (nSPS) is 11.9. The van der Waals surface area contributed by atoms with E-state index >= 15 is 0 Å². The van der Waals surface area contributed by atoms with Crippen molar-refractivity contribution in [3.05, 3.63) is 40.9 Å². The van der Waals surface area contributed by atoms with Crippen LogP contribution in [0.25, 0.3) is 0 Å². The highest BCUT2D eigenvalue weighted by Gasteiger charge is 2.25. The smallest absolute Gasteiger partial charge is 0.340 e. The molecule has 2 rings (SSSR count). The van der Waals surface area contributed by atoms with Gasteiger partial charge in [0.1, 0.15) is 5.75 Å². The van der Waals surface area contributed by atoms with Crippen molar-refractivity contribution < 1.29 is 37.0 Å². The molecule has 0 aliphatic heterocycles. The lowest BCUT2D eigenvalue weighted by molar-refractivity contribution is -0.117. The van der Waals surface area contributed by atoms with E-state index in [9.17, 15) is 18.0 Å². The number of benzene rings is 2. The highest BCUT2D eigenvalue weighted by molar-refractivity contribution is 7.89. The largest absolute Gasteiger partial charge is 0.495 e. The van der Waals surface area contributed by atoms with Crippen LogP contribution in [0.2, 0.25) is 5.02 Å². The zero-order chi connectivity index (χ0) is 24.1. The summed E-state index contributed by atoms with van der Waals surface area (Å²) < 4.78 is 47.7. The summed E-state index contributed by atoms with van der Waals surface area (Å²) in [7, 11) is 1.27. The average Bonchev–Trinajstić information content (AvgIpc) is 2.77. The molecule has 0 bridgehead atoms. The lowest BCUT2D eigenvalue weighted by Crippen LogP contribution is -2.41. The summed E-state index contributed by atoms with van der Waals surface area (Å²) in [4.78, 5) is 24.7. The Bertz CT molecular complexity index is 1120. The minimum Gasteiger partial charge on any atom is -0.495 e. The van der Waals surface area contributed by atoms with Crippen LogP contribution in [-0.2, 0) is 19.6 Å². The van der Waals surface area contributed by atoms with E-state index in [4.69, 9.17) is 30.5 Å². The van der Waals surface area contributed by atoms with Crippen LogP contribution in [0.5, 0.6) is 17.2 Å². The molecule has 0 fully saturated rings. The molecule has 2 N–H and O–H groups in total. The fourth-order valence-electron chi connectivity index (χ4n) is 2.67. The molecule has 0 spiro atoms. The third kappa shape index (κ3) is 5.61. The van der Waals surface area contributed by atoms with Gasteiger partial charge in [-0.25, -0.2) is 13.2 Å². The molecular formula is C20H23ClN2O8S. The van der Waals surface area contributed by atoms with Crippen LogP contribution in [0.4, 0.5) is 5.69 Å². The van der Waals surface area contributed by atoms with Crippen molar-refractivity contribution in [3.63, 3.8) is 0 Å². The van der Waals surface area contributed by atoms with E-state index in [-0.39, 0.29) is 32.7 Å². The van der Waals surface area contributed by atoms with Gasteiger partial charge in [-0.15, -0.1) is 0 Å². The molecule has 2 aromatic rings. The second-order valence-electron chi connectivity index (χ2n) is 6.37. The third-order valence-corrected chi connectivity index (χ3v) is 6.18. The van der Waals surface area contributed by atoms with Crippen molar-refractivity contribution >= 4 is 39.2 Å². The van der Waals surface area contributed by atoms with Crippen LogP contribution in [0.15, 0.2) is 35.2 Å². The maximum atomic E-state index is 12.7. The number of methoxy groups -OCH3 is 4. The number of amides is 1. The van der Waals surface area contributed by atoms with Gasteiger partial charge >= 0.3 is 5.97 Å². The number of nitrogens with one attached hydrogen (secondary N) is 2. The van der Waals surface area contributed by atoms with E-state index in [1.165, 1.54) is 65.7 Å². The highest BCUT2D eigenvalue weighted by atomic mass is 35.5. The number of anilines is 1. The van der Waals surface area contributed by atoms with Gasteiger partial charge in [-0.1, -0.05) is 11.6 Å². The van der Waals surface area contributed by atoms with Gasteiger partial charge in [-0.05, 0) is 25.1 Å². The summed E-state index contributed by atoms with van der Waals surface area (Å²) in [6.45, 7) is 1.34. The van der Waals surface area contributed by atoms with E-state index in [0.717, 1.165) is 0 Å². The maximum Gasteiger partial charge on any atom is 0.340 e. The summed E-state index contributed by atoms with van der Waals surface area (Å²) in [5, 5.41) is 2.60. The van der Waals surface area contributed by atoms with Gasteiger partial charge in [0.2, 0.25) is 15.9 Å². The molecule has 0 radical (unpaired) electrons. The quantitative estimate of drug-likeness (QED) is 0.517. The SMILES string of the molecule is COC(=O)c1cc(OC)c(OC)cc1NC(=O)[C@H](C)NS(=O)(=O)c1ccc(OC)c(Cl)c1. The molecule has 174 valence electrons. The summed E-state index contributed by atoms with van der Waals surface area (Å²) in [5.41, 5.74) is 0.0496. The van der Waals surface area contributed by atoms with Crippen molar-refractivity contribution in [2.45, 2.75) is 17.9 Å². The molecule has 1 amide bonds. The van der Waals surface area contributed by atoms with Gasteiger partial charge < -0.3 is 24.3 Å². The molecule has 0 aromatic heterocycles. The van der Waals surface area contributed by atoms with Gasteiger partial charge in [0.25, 0.3) is 0 Å². The first kappa shape index (κ1) is 25.2. The van der Waals surface area contributed by atoms with Gasteiger partial charge in [-0.2, -0.15) is 4.72 Å². The van der Waals surface area contributed by atoms with E-state index < -0.39 is 27.9 Å². The van der Waals surface area contributed by atoms with Crippen LogP contribution in [0.1, 0.15) is 17.3 Å². The average molecular weight is 487 g/mol. The Hall–Kier alpha value is -3.02. The fourth-order valence-corrected chi connectivity index (χ4v) is 4.22. The Balaban J connectivity index is 2.28. The number of sulfonamides is 1. The minimum atomic E-state index is -4.09. The molecular weight excluding hydrogens is 464 g/mol. The molecule has 0 saturated carbocycles. The lowest BCUT2D eigenvalue weighted by Gasteiger charge is -2.18. The number of carbonyl (C=O) groups excluding carboxylic acids is 2. The molecule has 0 aliphatic rings. The second-order valence-corrected chi connectivity index (χ2v) is 8.49. The van der Waals surface area contributed by atoms with Crippen LogP contribution < -0.4 is 24.2 Å². The number of halogens is 1. The molecule has 0 heterocycles. The Morgan fingerprint density at radius 3 is 2.06 bits per heavy atom. The van der Waals surface area contributed by atoms with E-state index in [1.807, 2.05) is 0 Å². The van der Waals surface area contributed by atoms with Crippen molar-refractivity contribution in [2.75, 3.05) is 33.8 Å². The summed E-state index contributed by atoms with van der Waals surface area (Å²) in [5.74, 6) is -0.666. The van der Waals surface area contributed by atoms with Crippen molar-refractivity contribution in [3.8, 4) is 17.2 Å². The number of hydrogen-bond acceptors (Lipinski definition) is 8. The van der Waals surface area contributed by atoms with Crippen molar-refractivity contribution in [2.24, 2.45) is 0 Å². The number of carbonyl (C=O) groups is 2. The highest BCUT2D eigenvalue weighted by Crippen LogP contribution is 2.34. The predicted octanol–water partition coefficient (Wildman–Crippen LogP) is 2.46. The monoisotopic (exact) mass is 486 g/mol. The molecule has 0 saturated heterocycles. The van der Waals surface area contributed by atoms with E-state index in [1.54, 1.807) is 0 Å². The molecule has 1 atom stereocenters. The Labute approximate surface area is 190 Å². The number of rotatable bonds is 9. The first-order chi connectivity index (χ1) is 15.1. The molecule has 10 nitrogen and oxygen atoms in total. The maximum absolute atomic E-state index is 12.7. The lowest BCUT2D eigenvalue weighted by atomic mass is 10.1. The van der Waals surface area contributed by atoms with Gasteiger partial charge in [0.05, 0.1) is 55.6 Å². The van der Waals surface area contributed by atoms with Crippen molar-refractivity contribution in [1.29, 1.82) is 0 Å². The zero-order valence-corrected chi connectivity index (χ0v) is 19.6. The van der Waals surface area contributed by atoms with Crippen LogP contribution in [0.3, 0.4) is 0 Å². The second kappa shape index (κ2) is 10.5. The van der Waals surface area contributed by atoms with Crippen LogP contribution in [-0.4, -0.2) is 54.8 Å². The van der Waals surface area contributed by atoms with Crippen molar-refractivity contribution in [1.82, 2.24) is 4.72 Å². The van der Waals surface area contributed by atoms with Gasteiger partial charge in [0.15, 0.2) is 11.5 Å². The summed E-state index contributed by atoms with van der Waals surface area (Å²) >= 11 is 5.99. The fraction of sp³-hybridized carbons (Fsp3) is 0.300. The third-order valence-electron chi connectivity index (χ3n) is 4.35. The molecule has 0 unspecified atom stereocenters. The van der Waals surface area contributed by atoms with Gasteiger partial charge in [-0.3, -0.25) is 4.79 Å². The Morgan fingerprint density at radius 1 is 0.938 bits per heavy atom. The van der Waals surface area contributed by atoms with E-state index in [0.29, 0.717) is 5.75 Å². The number of ether oxygens (including phenoxy) is 4. The van der Waals surface area contributed by atoms with E-state index in [2.05, 4.69) is 10.0 Å². The number of esters is 1. The Morgan fingerprint density at radius 2 is 1.53 bits per heavy atom. The van der Waals surface area contributed by atoms with Gasteiger partial charge in [0, 0.05) is 12.1 Å². The Kier molecular flexibility index (Phi) is 8.31. The zero-order valence-electron chi connectivity index (χ0n) is 18.0. The molecule has 12 heteroatoms. The number of hydrogen-bond donors (Lipinski definition) is 2. The minimum absolute atomic E-state index is 0.00417. The molecule has 0 aliphatic carbocycles. The topological polar surface area (TPSA) is 129 Å². The predicted molar refractivity (Wildman–Crippen MR) is 117 cm³/mol. The summed E-state index contributed by atoms with van der Waals surface area (Å²) in [6.07, 6.45) is 0. The van der Waals surface area contributed by atoms with Crippen LogP contribution >= 0.6 is 11.6 Å². The van der Waals surface area contributed by atoms with Crippen LogP contribution in [0, 0.1) is 0 Å². The summed E-state index contributed by atoms with van der Waals surface area (Å²) in [6, 6.07) is 5.40.